The van der Waals surface area contributed by atoms with E-state index < -0.39 is 0 Å². The predicted octanol–water partition coefficient (Wildman–Crippen LogP) is 4.11. The second-order valence-electron chi connectivity index (χ2n) is 9.48. The molecule has 6 rings (SSSR count). The van der Waals surface area contributed by atoms with Gasteiger partial charge in [-0.25, -0.2) is 5.01 Å². The maximum Gasteiger partial charge on any atom is 0.208 e. The molecule has 1 N–H and O–H groups in total. The lowest BCUT2D eigenvalue weighted by Gasteiger charge is -2.50. The molecule has 0 bridgehead atoms. The summed E-state index contributed by atoms with van der Waals surface area (Å²) in [5, 5.41) is 7.53. The van der Waals surface area contributed by atoms with Gasteiger partial charge in [-0.3, -0.25) is 0 Å². The number of nitrogens with one attached hydrogen (secondary N) is 1. The van der Waals surface area contributed by atoms with Crippen LogP contribution < -0.4 is 9.64 Å². The van der Waals surface area contributed by atoms with Crippen molar-refractivity contribution in [1.29, 1.82) is 0 Å². The summed E-state index contributed by atoms with van der Waals surface area (Å²) in [4.78, 5) is 1.63. The average molecular weight is 425 g/mol. The van der Waals surface area contributed by atoms with Crippen molar-refractivity contribution in [3.63, 3.8) is 0 Å². The van der Waals surface area contributed by atoms with Crippen LogP contribution in [0.25, 0.3) is 0 Å². The van der Waals surface area contributed by atoms with E-state index in [0.29, 0.717) is 0 Å². The third kappa shape index (κ3) is 3.39. The fraction of sp³-hybridized carbons (Fsp3) is 0.321. The number of piperidine rings is 1. The first-order chi connectivity index (χ1) is 15.7. The number of quaternary nitrogens is 1. The van der Waals surface area contributed by atoms with Crippen molar-refractivity contribution in [3.05, 3.63) is 101 Å². The number of benzene rings is 3. The lowest BCUT2D eigenvalue weighted by molar-refractivity contribution is -0.921. The van der Waals surface area contributed by atoms with Gasteiger partial charge in [-0.15, -0.1) is 0 Å². The first-order valence-electron chi connectivity index (χ1n) is 11.8. The Labute approximate surface area is 190 Å². The number of nitrogens with zero attached hydrogens (tertiary/aromatic N) is 2. The van der Waals surface area contributed by atoms with E-state index in [0.717, 1.165) is 44.6 Å². The van der Waals surface area contributed by atoms with E-state index in [9.17, 15) is 0 Å². The minimum Gasteiger partial charge on any atom is -0.466 e. The molecule has 32 heavy (non-hydrogen) atoms. The molecule has 1 atom stereocenters. The van der Waals surface area contributed by atoms with Crippen LogP contribution in [0.4, 0.5) is 0 Å². The minimum absolute atomic E-state index is 0.256. The van der Waals surface area contributed by atoms with Gasteiger partial charge in [-0.1, -0.05) is 78.4 Å². The smallest absolute Gasteiger partial charge is 0.208 e. The maximum atomic E-state index is 6.78. The number of hydrogen-bond donors (Lipinski definition) is 1. The van der Waals surface area contributed by atoms with Gasteiger partial charge in [0.1, 0.15) is 12.3 Å². The molecule has 3 aromatic rings. The summed E-state index contributed by atoms with van der Waals surface area (Å²) in [6, 6.07) is 28.4. The zero-order valence-electron chi connectivity index (χ0n) is 18.6. The molecule has 1 saturated heterocycles. The van der Waals surface area contributed by atoms with Gasteiger partial charge >= 0.3 is 0 Å². The average Bonchev–Trinajstić information content (AvgIpc) is 3.29. The van der Waals surface area contributed by atoms with Crippen molar-refractivity contribution in [1.82, 2.24) is 5.01 Å². The summed E-state index contributed by atoms with van der Waals surface area (Å²) < 4.78 is 6.78. The number of aryl methyl sites for hydroxylation is 1. The Morgan fingerprint density at radius 2 is 1.66 bits per heavy atom. The molecule has 1 fully saturated rings. The van der Waals surface area contributed by atoms with E-state index in [1.165, 1.54) is 28.0 Å². The summed E-state index contributed by atoms with van der Waals surface area (Å²) in [6.45, 7) is 5.40. The summed E-state index contributed by atoms with van der Waals surface area (Å²) >= 11 is 0. The lowest BCUT2D eigenvalue weighted by atomic mass is 9.90. The zero-order chi connectivity index (χ0) is 21.5. The van der Waals surface area contributed by atoms with Crippen LogP contribution in [0, 0.1) is 6.92 Å². The Morgan fingerprint density at radius 3 is 2.44 bits per heavy atom. The molecule has 0 amide bonds. The Morgan fingerprint density at radius 1 is 0.938 bits per heavy atom. The highest BCUT2D eigenvalue weighted by molar-refractivity contribution is 6.02. The highest BCUT2D eigenvalue weighted by Crippen LogP contribution is 2.49. The highest BCUT2D eigenvalue weighted by Gasteiger charge is 2.52. The fourth-order valence-corrected chi connectivity index (χ4v) is 5.54. The zero-order valence-corrected chi connectivity index (χ0v) is 18.6. The number of likely N-dealkylation sites (tertiary alicyclic amines) is 1. The first-order valence-corrected chi connectivity index (χ1v) is 11.8. The second kappa shape index (κ2) is 7.79. The Balaban J connectivity index is 1.29. The Kier molecular flexibility index (Phi) is 4.76. The number of para-hydroxylation sites is 1. The third-order valence-corrected chi connectivity index (χ3v) is 7.33. The van der Waals surface area contributed by atoms with E-state index in [-0.39, 0.29) is 11.8 Å². The standard InChI is InChI=1S/C28H29N3O/c1-21-11-13-23(14-12-21)25-19-26-24-9-5-6-10-27(24)32-28(31(26)29-25)15-17-30(18-16-28)20-22-7-3-2-4-8-22/h2-14,26H,15-20H2,1H3/p+1/t26-/m1/s1. The number of hydrogen-bond acceptors (Lipinski definition) is 3. The summed E-state index contributed by atoms with van der Waals surface area (Å²) in [6.07, 6.45) is 2.92. The van der Waals surface area contributed by atoms with Crippen LogP contribution in [-0.4, -0.2) is 29.5 Å². The Bertz CT molecular complexity index is 1130. The summed E-state index contributed by atoms with van der Waals surface area (Å²) in [5.74, 6) is 1.04. The van der Waals surface area contributed by atoms with Crippen LogP contribution >= 0.6 is 0 Å². The van der Waals surface area contributed by atoms with Gasteiger partial charge in [0, 0.05) is 17.5 Å². The molecule has 1 spiro atoms. The van der Waals surface area contributed by atoms with Gasteiger partial charge < -0.3 is 9.64 Å². The minimum atomic E-state index is -0.342. The molecular formula is C28H30N3O+. The molecule has 0 saturated carbocycles. The van der Waals surface area contributed by atoms with Gasteiger partial charge in [0.05, 0.1) is 37.7 Å². The number of rotatable bonds is 3. The van der Waals surface area contributed by atoms with E-state index in [4.69, 9.17) is 9.84 Å². The van der Waals surface area contributed by atoms with Crippen LogP contribution in [0.5, 0.6) is 5.75 Å². The normalized spacial score (nSPS) is 26.3. The van der Waals surface area contributed by atoms with Gasteiger partial charge in [-0.2, -0.15) is 5.10 Å². The van der Waals surface area contributed by atoms with Gasteiger partial charge in [0.15, 0.2) is 0 Å². The van der Waals surface area contributed by atoms with Crippen LogP contribution in [0.1, 0.15) is 47.6 Å². The van der Waals surface area contributed by atoms with Crippen molar-refractivity contribution >= 4 is 5.71 Å². The lowest BCUT2D eigenvalue weighted by Crippen LogP contribution is -3.12. The summed E-state index contributed by atoms with van der Waals surface area (Å²) in [7, 11) is 0. The van der Waals surface area contributed by atoms with Gasteiger partial charge in [0.25, 0.3) is 0 Å². The molecule has 0 aliphatic carbocycles. The molecule has 162 valence electrons. The van der Waals surface area contributed by atoms with Crippen molar-refractivity contribution in [2.45, 2.75) is 44.5 Å². The van der Waals surface area contributed by atoms with Crippen LogP contribution in [0.3, 0.4) is 0 Å². The molecular weight excluding hydrogens is 394 g/mol. The predicted molar refractivity (Wildman–Crippen MR) is 127 cm³/mol. The SMILES string of the molecule is Cc1ccc(C2=NN3[C@H](C2)c2ccccc2OC32CC[NH+](Cc3ccccc3)CC2)cc1. The largest absolute Gasteiger partial charge is 0.466 e. The van der Waals surface area contributed by atoms with E-state index in [1.54, 1.807) is 4.90 Å². The molecule has 3 heterocycles. The molecule has 3 aliphatic rings. The molecule has 4 heteroatoms. The summed E-state index contributed by atoms with van der Waals surface area (Å²) in [5.41, 5.74) is 6.02. The van der Waals surface area contributed by atoms with E-state index in [2.05, 4.69) is 90.8 Å². The molecule has 3 aliphatic heterocycles. The first kappa shape index (κ1) is 19.6. The number of ether oxygens (including phenoxy) is 1. The molecule has 0 radical (unpaired) electrons. The van der Waals surface area contributed by atoms with Crippen molar-refractivity contribution in [2.24, 2.45) is 5.10 Å². The van der Waals surface area contributed by atoms with Crippen LogP contribution in [0.15, 0.2) is 84.0 Å². The highest BCUT2D eigenvalue weighted by atomic mass is 16.5. The van der Waals surface area contributed by atoms with Crippen molar-refractivity contribution in [2.75, 3.05) is 13.1 Å². The molecule has 3 aromatic carbocycles. The topological polar surface area (TPSA) is 29.3 Å². The third-order valence-electron chi connectivity index (χ3n) is 7.33. The van der Waals surface area contributed by atoms with Gasteiger partial charge in [-0.05, 0) is 18.6 Å². The Hall–Kier alpha value is -3.11. The maximum absolute atomic E-state index is 6.78. The fourth-order valence-electron chi connectivity index (χ4n) is 5.54. The molecule has 4 nitrogen and oxygen atoms in total. The molecule has 0 unspecified atom stereocenters. The number of hydrazone groups is 1. The van der Waals surface area contributed by atoms with Crippen molar-refractivity contribution < 1.29 is 9.64 Å². The van der Waals surface area contributed by atoms with E-state index in [1.807, 2.05) is 0 Å². The number of fused-ring (bicyclic) bond motifs is 4. The van der Waals surface area contributed by atoms with Crippen molar-refractivity contribution in [3.8, 4) is 5.75 Å². The quantitative estimate of drug-likeness (QED) is 0.686. The van der Waals surface area contributed by atoms with Crippen LogP contribution in [-0.2, 0) is 6.54 Å². The second-order valence-corrected chi connectivity index (χ2v) is 9.48. The molecule has 0 aromatic heterocycles. The van der Waals surface area contributed by atoms with E-state index >= 15 is 0 Å². The monoisotopic (exact) mass is 424 g/mol. The van der Waals surface area contributed by atoms with Gasteiger partial charge in [0.2, 0.25) is 5.72 Å². The van der Waals surface area contributed by atoms with Crippen LogP contribution in [0.2, 0.25) is 0 Å².